The Balaban J connectivity index is 1.76. The van der Waals surface area contributed by atoms with Gasteiger partial charge in [-0.3, -0.25) is 9.97 Å². The van der Waals surface area contributed by atoms with Gasteiger partial charge >= 0.3 is 0 Å². The van der Waals surface area contributed by atoms with Crippen LogP contribution >= 0.6 is 0 Å². The van der Waals surface area contributed by atoms with Crippen LogP contribution in [-0.4, -0.2) is 23.1 Å². The Hall–Kier alpha value is -4.70. The lowest BCUT2D eigenvalue weighted by atomic mass is 10.0. The molecule has 1 fully saturated rings. The van der Waals surface area contributed by atoms with Crippen molar-refractivity contribution >= 4 is 23.3 Å². The highest BCUT2D eigenvalue weighted by atomic mass is 15.4. The van der Waals surface area contributed by atoms with Crippen molar-refractivity contribution in [3.8, 4) is 11.4 Å². The van der Waals surface area contributed by atoms with Crippen molar-refractivity contribution in [3.63, 3.8) is 0 Å². The summed E-state index contributed by atoms with van der Waals surface area (Å²) in [6, 6.07) is 27.9. The Bertz CT molecular complexity index is 1780. The van der Waals surface area contributed by atoms with Crippen molar-refractivity contribution in [3.05, 3.63) is 141 Å². The summed E-state index contributed by atoms with van der Waals surface area (Å²) >= 11 is 0. The molecule has 5 aromatic rings. The Morgan fingerprint density at radius 3 is 1.67 bits per heavy atom. The minimum Gasteiger partial charge on any atom is -0.325 e. The smallest absolute Gasteiger partial charge is 0.121 e. The van der Waals surface area contributed by atoms with Crippen LogP contribution in [0.5, 0.6) is 0 Å². The zero-order valence-corrected chi connectivity index (χ0v) is 25.4. The van der Waals surface area contributed by atoms with E-state index in [4.69, 9.17) is 9.97 Å². The van der Waals surface area contributed by atoms with Crippen LogP contribution in [0.15, 0.2) is 91.3 Å². The summed E-state index contributed by atoms with van der Waals surface area (Å²) in [6.07, 6.45) is 6.04. The maximum Gasteiger partial charge on any atom is 0.121 e. The van der Waals surface area contributed by atoms with Crippen LogP contribution in [0.1, 0.15) is 38.9 Å². The van der Waals surface area contributed by atoms with Crippen LogP contribution in [0, 0.1) is 41.5 Å². The van der Waals surface area contributed by atoms with Gasteiger partial charge in [0, 0.05) is 47.3 Å². The molecule has 0 atom stereocenters. The van der Waals surface area contributed by atoms with E-state index in [-0.39, 0.29) is 0 Å². The maximum absolute atomic E-state index is 4.92. The highest BCUT2D eigenvalue weighted by molar-refractivity contribution is 5.87. The molecule has 0 N–H and O–H groups in total. The Kier molecular flexibility index (Phi) is 7.38. The lowest BCUT2D eigenvalue weighted by Crippen LogP contribution is -2.39. The number of nitrogens with zero attached hydrogens (tertiary/aromatic N) is 4. The highest BCUT2D eigenvalue weighted by Gasteiger charge is 2.32. The fourth-order valence-electron chi connectivity index (χ4n) is 6.72. The van der Waals surface area contributed by atoms with Crippen LogP contribution in [0.25, 0.3) is 23.3 Å². The number of hydrogen-bond acceptors (Lipinski definition) is 4. The molecule has 0 bridgehead atoms. The molecule has 3 heterocycles. The summed E-state index contributed by atoms with van der Waals surface area (Å²) in [5, 5.41) is 2.21. The minimum atomic E-state index is 0.864. The predicted octanol–water partition coefficient (Wildman–Crippen LogP) is 6.92. The fourth-order valence-corrected chi connectivity index (χ4v) is 6.72. The number of anilines is 2. The van der Waals surface area contributed by atoms with Crippen LogP contribution in [0.4, 0.5) is 11.4 Å². The number of aromatic nitrogens is 2. The van der Waals surface area contributed by atoms with Crippen molar-refractivity contribution in [1.82, 2.24) is 9.97 Å². The van der Waals surface area contributed by atoms with Gasteiger partial charge in [-0.05, 0) is 93.6 Å². The summed E-state index contributed by atoms with van der Waals surface area (Å²) < 4.78 is 0. The van der Waals surface area contributed by atoms with Crippen LogP contribution in [0.3, 0.4) is 0 Å². The number of benzene rings is 3. The second-order valence-corrected chi connectivity index (χ2v) is 11.5. The van der Waals surface area contributed by atoms with E-state index in [2.05, 4.69) is 118 Å². The van der Waals surface area contributed by atoms with Gasteiger partial charge in [0.25, 0.3) is 0 Å². The summed E-state index contributed by atoms with van der Waals surface area (Å²) in [5.74, 6) is 1.18. The molecule has 42 heavy (non-hydrogen) atoms. The minimum absolute atomic E-state index is 0.864. The van der Waals surface area contributed by atoms with Gasteiger partial charge in [-0.25, -0.2) is 0 Å². The van der Waals surface area contributed by atoms with Gasteiger partial charge < -0.3 is 9.80 Å². The second-order valence-electron chi connectivity index (χ2n) is 11.5. The summed E-state index contributed by atoms with van der Waals surface area (Å²) in [6.45, 7) is 15.1. The molecule has 0 amide bonds. The van der Waals surface area contributed by atoms with Crippen molar-refractivity contribution < 1.29 is 0 Å². The third-order valence-electron chi connectivity index (χ3n) is 8.12. The molecule has 0 aliphatic carbocycles. The number of pyridine rings is 2. The lowest BCUT2D eigenvalue weighted by molar-refractivity contribution is 1.01. The van der Waals surface area contributed by atoms with Crippen molar-refractivity contribution in [2.75, 3.05) is 22.9 Å². The Morgan fingerprint density at radius 1 is 0.595 bits per heavy atom. The highest BCUT2D eigenvalue weighted by Crippen LogP contribution is 2.38. The van der Waals surface area contributed by atoms with Crippen LogP contribution < -0.4 is 20.2 Å². The van der Waals surface area contributed by atoms with Crippen molar-refractivity contribution in [1.29, 1.82) is 0 Å². The lowest BCUT2D eigenvalue weighted by Gasteiger charge is -2.30. The molecule has 1 aliphatic heterocycles. The van der Waals surface area contributed by atoms with Gasteiger partial charge in [-0.15, -0.1) is 0 Å². The quantitative estimate of drug-likeness (QED) is 0.243. The molecular weight excluding hydrogens is 512 g/mol. The topological polar surface area (TPSA) is 32.3 Å². The van der Waals surface area contributed by atoms with Crippen molar-refractivity contribution in [2.24, 2.45) is 0 Å². The molecule has 1 saturated heterocycles. The van der Waals surface area contributed by atoms with E-state index in [0.29, 0.717) is 0 Å². The van der Waals surface area contributed by atoms with Crippen LogP contribution in [0.2, 0.25) is 0 Å². The van der Waals surface area contributed by atoms with Gasteiger partial charge in [0.15, 0.2) is 0 Å². The molecule has 0 unspecified atom stereocenters. The summed E-state index contributed by atoms with van der Waals surface area (Å²) in [5.41, 5.74) is 13.2. The van der Waals surface area contributed by atoms with Crippen LogP contribution in [-0.2, 0) is 0 Å². The first-order valence-electron chi connectivity index (χ1n) is 14.7. The van der Waals surface area contributed by atoms with Gasteiger partial charge in [-0.1, -0.05) is 71.8 Å². The SMILES string of the molecule is Cc1cc(C)c(N2CCN(c3c(C)cc(C)cc3C)C2=c2ccnc(-c3ccccn3)c2=Cc2ccccc2)c(C)c1. The fraction of sp³-hybridized carbons (Fsp3) is 0.211. The molecular formula is C38H38N4. The van der Waals surface area contributed by atoms with Gasteiger partial charge in [-0.2, -0.15) is 0 Å². The normalized spacial score (nSPS) is 13.8. The number of rotatable bonds is 4. The van der Waals surface area contributed by atoms with E-state index in [0.717, 1.165) is 40.5 Å². The molecule has 3 aromatic carbocycles. The zero-order valence-electron chi connectivity index (χ0n) is 25.4. The number of aryl methyl sites for hydroxylation is 6. The van der Waals surface area contributed by atoms with E-state index in [1.165, 1.54) is 50.6 Å². The molecule has 0 spiro atoms. The third-order valence-corrected chi connectivity index (χ3v) is 8.12. The number of hydrogen-bond donors (Lipinski definition) is 0. The molecule has 210 valence electrons. The summed E-state index contributed by atoms with van der Waals surface area (Å²) in [4.78, 5) is 14.7. The van der Waals surface area contributed by atoms with E-state index < -0.39 is 0 Å². The largest absolute Gasteiger partial charge is 0.325 e. The van der Waals surface area contributed by atoms with E-state index >= 15 is 0 Å². The predicted molar refractivity (Wildman–Crippen MR) is 176 cm³/mol. The third kappa shape index (κ3) is 5.09. The van der Waals surface area contributed by atoms with Gasteiger partial charge in [0.05, 0.1) is 11.4 Å². The molecule has 1 aliphatic rings. The van der Waals surface area contributed by atoms with E-state index in [1.807, 2.05) is 30.6 Å². The first-order chi connectivity index (χ1) is 20.3. The average molecular weight is 551 g/mol. The van der Waals surface area contributed by atoms with E-state index in [9.17, 15) is 0 Å². The van der Waals surface area contributed by atoms with Crippen molar-refractivity contribution in [2.45, 2.75) is 41.5 Å². The molecule has 0 saturated carbocycles. The molecule has 2 aromatic heterocycles. The second kappa shape index (κ2) is 11.3. The first-order valence-corrected chi connectivity index (χ1v) is 14.7. The van der Waals surface area contributed by atoms with E-state index in [1.54, 1.807) is 0 Å². The Labute approximate surface area is 249 Å². The maximum atomic E-state index is 4.92. The summed E-state index contributed by atoms with van der Waals surface area (Å²) in [7, 11) is 0. The van der Waals surface area contributed by atoms with Gasteiger partial charge in [0.2, 0.25) is 0 Å². The average Bonchev–Trinajstić information content (AvgIpc) is 3.36. The molecule has 4 heteroatoms. The molecule has 6 rings (SSSR count). The van der Waals surface area contributed by atoms with Gasteiger partial charge in [0.1, 0.15) is 5.82 Å². The zero-order chi connectivity index (χ0) is 29.4. The standard InChI is InChI=1S/C38H38N4/c1-25-20-27(3)36(28(4)21-25)41-18-19-42(37-29(5)22-26(2)23-30(37)6)38(41)32-15-17-40-35(34-14-10-11-16-39-34)33(32)24-31-12-8-7-9-13-31/h7-17,20-24H,18-19H2,1-6H3. The first kappa shape index (κ1) is 27.5. The Morgan fingerprint density at radius 2 is 1.14 bits per heavy atom. The monoisotopic (exact) mass is 550 g/mol. The molecule has 4 nitrogen and oxygen atoms in total. The molecule has 0 radical (unpaired) electrons.